The van der Waals surface area contributed by atoms with E-state index >= 15 is 0 Å². The maximum atomic E-state index is 12.0. The van der Waals surface area contributed by atoms with Crippen molar-refractivity contribution < 1.29 is 19.1 Å². The molecule has 30 heavy (non-hydrogen) atoms. The molecule has 0 spiro atoms. The van der Waals surface area contributed by atoms with E-state index in [2.05, 4.69) is 20.9 Å². The molecule has 2 amide bonds. The van der Waals surface area contributed by atoms with E-state index in [9.17, 15) is 9.59 Å². The summed E-state index contributed by atoms with van der Waals surface area (Å²) in [5.74, 6) is 0.641. The molecule has 1 aromatic rings. The normalized spacial score (nSPS) is 12.1. The number of ether oxygens (including phenoxy) is 2. The summed E-state index contributed by atoms with van der Waals surface area (Å²) < 4.78 is 10.6. The molecule has 0 unspecified atom stereocenters. The highest BCUT2D eigenvalue weighted by molar-refractivity contribution is 5.80. The van der Waals surface area contributed by atoms with Crippen LogP contribution in [0.25, 0.3) is 0 Å². The molecule has 9 heteroatoms. The van der Waals surface area contributed by atoms with E-state index in [4.69, 9.17) is 15.2 Å². The van der Waals surface area contributed by atoms with Crippen molar-refractivity contribution in [1.82, 2.24) is 16.0 Å². The average Bonchev–Trinajstić information content (AvgIpc) is 2.60. The predicted molar refractivity (Wildman–Crippen MR) is 117 cm³/mol. The molecular formula is C21H35N5O4. The lowest BCUT2D eigenvalue weighted by Crippen LogP contribution is -2.54. The Morgan fingerprint density at radius 1 is 1.13 bits per heavy atom. The van der Waals surface area contributed by atoms with Gasteiger partial charge in [-0.1, -0.05) is 12.1 Å². The second-order valence-electron chi connectivity index (χ2n) is 8.46. The van der Waals surface area contributed by atoms with E-state index in [0.29, 0.717) is 31.3 Å². The summed E-state index contributed by atoms with van der Waals surface area (Å²) in [6, 6.07) is 7.31. The van der Waals surface area contributed by atoms with Crippen molar-refractivity contribution in [2.45, 2.75) is 59.2 Å². The quantitative estimate of drug-likeness (QED) is 0.356. The Bertz CT molecular complexity index is 741. The molecule has 0 heterocycles. The summed E-state index contributed by atoms with van der Waals surface area (Å²) in [6.07, 6.45) is -0.469. The van der Waals surface area contributed by atoms with Gasteiger partial charge in [0, 0.05) is 13.1 Å². The molecule has 0 fully saturated rings. The van der Waals surface area contributed by atoms with E-state index in [1.54, 1.807) is 6.07 Å². The van der Waals surface area contributed by atoms with Crippen LogP contribution in [0.2, 0.25) is 0 Å². The van der Waals surface area contributed by atoms with Gasteiger partial charge in [-0.15, -0.1) is 0 Å². The molecule has 0 bridgehead atoms. The lowest BCUT2D eigenvalue weighted by atomic mass is 10.1. The molecule has 0 radical (unpaired) electrons. The number of nitrogens with two attached hydrogens (primary N) is 1. The minimum atomic E-state index is -0.556. The smallest absolute Gasteiger partial charge is 0.408 e. The fraction of sp³-hybridized carbons (Fsp3) is 0.571. The lowest BCUT2D eigenvalue weighted by molar-refractivity contribution is -0.119. The first-order valence-corrected chi connectivity index (χ1v) is 9.93. The van der Waals surface area contributed by atoms with Crippen LogP contribution in [0.3, 0.4) is 0 Å². The van der Waals surface area contributed by atoms with Crippen molar-refractivity contribution >= 4 is 18.0 Å². The molecular weight excluding hydrogens is 386 g/mol. The van der Waals surface area contributed by atoms with Gasteiger partial charge in [-0.05, 0) is 59.2 Å². The highest BCUT2D eigenvalue weighted by atomic mass is 16.6. The molecule has 0 atom stereocenters. The van der Waals surface area contributed by atoms with Gasteiger partial charge in [0.05, 0.1) is 12.1 Å². The molecule has 1 aromatic carbocycles. The zero-order valence-electron chi connectivity index (χ0n) is 18.8. The molecule has 0 aliphatic rings. The Morgan fingerprint density at radius 2 is 1.83 bits per heavy atom. The summed E-state index contributed by atoms with van der Waals surface area (Å²) in [6.45, 7) is 12.6. The first-order valence-electron chi connectivity index (χ1n) is 9.93. The van der Waals surface area contributed by atoms with Gasteiger partial charge in [-0.2, -0.15) is 0 Å². The van der Waals surface area contributed by atoms with Gasteiger partial charge in [-0.25, -0.2) is 9.79 Å². The average molecular weight is 422 g/mol. The van der Waals surface area contributed by atoms with E-state index < -0.39 is 23.1 Å². The van der Waals surface area contributed by atoms with Crippen molar-refractivity contribution in [2.75, 3.05) is 19.7 Å². The van der Waals surface area contributed by atoms with Gasteiger partial charge < -0.3 is 31.2 Å². The molecule has 9 nitrogen and oxygen atoms in total. The van der Waals surface area contributed by atoms with Gasteiger partial charge in [-0.3, -0.25) is 4.79 Å². The number of benzene rings is 1. The number of nitrogens with one attached hydrogen (secondary N) is 3. The fourth-order valence-corrected chi connectivity index (χ4v) is 2.33. The molecule has 168 valence electrons. The summed E-state index contributed by atoms with van der Waals surface area (Å²) in [5, 5.41) is 9.26. The highest BCUT2D eigenvalue weighted by Crippen LogP contribution is 2.14. The maximum Gasteiger partial charge on any atom is 0.408 e. The number of guanidine groups is 1. The predicted octanol–water partition coefficient (Wildman–Crippen LogP) is 1.91. The Balaban J connectivity index is 2.68. The van der Waals surface area contributed by atoms with E-state index in [1.165, 1.54) is 0 Å². The van der Waals surface area contributed by atoms with Crippen LogP contribution in [0, 0.1) is 0 Å². The number of hydrogen-bond acceptors (Lipinski definition) is 5. The third-order valence-corrected chi connectivity index (χ3v) is 3.58. The SMILES string of the molecule is CCNC(=NCc1cccc(OCC(N)=O)c1)NCC(C)(C)NC(=O)OC(C)(C)C. The van der Waals surface area contributed by atoms with Crippen LogP contribution in [0.15, 0.2) is 29.3 Å². The summed E-state index contributed by atoms with van der Waals surface area (Å²) >= 11 is 0. The number of aliphatic imine (C=N–C) groups is 1. The van der Waals surface area contributed by atoms with Crippen LogP contribution in [0.1, 0.15) is 47.1 Å². The fourth-order valence-electron chi connectivity index (χ4n) is 2.33. The molecule has 0 aromatic heterocycles. The second kappa shape index (κ2) is 11.3. The Kier molecular flexibility index (Phi) is 9.42. The monoisotopic (exact) mass is 421 g/mol. The standard InChI is InChI=1S/C21H35N5O4/c1-7-23-18(25-14-21(5,6)26-19(28)30-20(2,3)4)24-12-15-9-8-10-16(11-15)29-13-17(22)27/h8-11H,7,12-14H2,1-6H3,(H2,22,27)(H,26,28)(H2,23,24,25). The number of carbonyl (C=O) groups is 2. The number of carbonyl (C=O) groups excluding carboxylic acids is 2. The number of primary amides is 1. The van der Waals surface area contributed by atoms with Crippen molar-refractivity contribution in [1.29, 1.82) is 0 Å². The number of alkyl carbamates (subject to hydrolysis) is 1. The van der Waals surface area contributed by atoms with E-state index in [-0.39, 0.29) is 6.61 Å². The third-order valence-electron chi connectivity index (χ3n) is 3.58. The van der Waals surface area contributed by atoms with Gasteiger partial charge >= 0.3 is 6.09 Å². The Labute approximate surface area is 178 Å². The van der Waals surface area contributed by atoms with Crippen LogP contribution < -0.4 is 26.4 Å². The minimum Gasteiger partial charge on any atom is -0.484 e. The van der Waals surface area contributed by atoms with E-state index in [1.807, 2.05) is 59.7 Å². The van der Waals surface area contributed by atoms with Gasteiger partial charge in [0.2, 0.25) is 0 Å². The molecule has 1 rings (SSSR count). The third kappa shape index (κ3) is 11.1. The summed E-state index contributed by atoms with van der Waals surface area (Å²) in [7, 11) is 0. The number of rotatable bonds is 9. The maximum absolute atomic E-state index is 12.0. The second-order valence-corrected chi connectivity index (χ2v) is 8.46. The highest BCUT2D eigenvalue weighted by Gasteiger charge is 2.24. The molecule has 0 saturated carbocycles. The first-order chi connectivity index (χ1) is 13.9. The summed E-state index contributed by atoms with van der Waals surface area (Å²) in [4.78, 5) is 27.5. The Morgan fingerprint density at radius 3 is 2.43 bits per heavy atom. The van der Waals surface area contributed by atoms with Gasteiger partial charge in [0.15, 0.2) is 12.6 Å². The molecule has 5 N–H and O–H groups in total. The molecule has 0 saturated heterocycles. The topological polar surface area (TPSA) is 127 Å². The number of hydrogen-bond donors (Lipinski definition) is 4. The minimum absolute atomic E-state index is 0.170. The van der Waals surface area contributed by atoms with Crippen molar-refractivity contribution in [2.24, 2.45) is 10.7 Å². The van der Waals surface area contributed by atoms with Crippen LogP contribution >= 0.6 is 0 Å². The molecule has 0 aliphatic carbocycles. The summed E-state index contributed by atoms with van der Waals surface area (Å²) in [5.41, 5.74) is 4.91. The van der Waals surface area contributed by atoms with Gasteiger partial charge in [0.25, 0.3) is 5.91 Å². The van der Waals surface area contributed by atoms with Crippen molar-refractivity contribution in [3.8, 4) is 5.75 Å². The number of nitrogens with zero attached hydrogens (tertiary/aromatic N) is 1. The zero-order chi connectivity index (χ0) is 22.8. The Hall–Kier alpha value is -2.97. The van der Waals surface area contributed by atoms with Crippen molar-refractivity contribution in [3.63, 3.8) is 0 Å². The van der Waals surface area contributed by atoms with Crippen LogP contribution in [0.5, 0.6) is 5.75 Å². The van der Waals surface area contributed by atoms with Crippen LogP contribution in [0.4, 0.5) is 4.79 Å². The molecule has 0 aliphatic heterocycles. The van der Waals surface area contributed by atoms with E-state index in [0.717, 1.165) is 5.56 Å². The van der Waals surface area contributed by atoms with Crippen molar-refractivity contribution in [3.05, 3.63) is 29.8 Å². The first kappa shape index (κ1) is 25.1. The lowest BCUT2D eigenvalue weighted by Gasteiger charge is -2.29. The zero-order valence-corrected chi connectivity index (χ0v) is 18.8. The van der Waals surface area contributed by atoms with Gasteiger partial charge in [0.1, 0.15) is 11.4 Å². The number of amides is 2. The van der Waals surface area contributed by atoms with Crippen LogP contribution in [-0.2, 0) is 16.1 Å². The van der Waals surface area contributed by atoms with Crippen LogP contribution in [-0.4, -0.2) is 48.8 Å². The largest absolute Gasteiger partial charge is 0.484 e.